The molecule has 0 unspecified atom stereocenters. The predicted octanol–water partition coefficient (Wildman–Crippen LogP) is 5.31. The molecule has 34 heavy (non-hydrogen) atoms. The Balaban J connectivity index is 1.51. The van der Waals surface area contributed by atoms with Gasteiger partial charge in [0.05, 0.1) is 35.4 Å². The molecule has 0 atom stereocenters. The maximum atomic E-state index is 13.2. The van der Waals surface area contributed by atoms with Crippen LogP contribution in [0.3, 0.4) is 0 Å². The molecule has 4 rings (SSSR count). The minimum atomic E-state index is -0.540. The van der Waals surface area contributed by atoms with Gasteiger partial charge in [-0.2, -0.15) is 5.10 Å². The van der Waals surface area contributed by atoms with Crippen molar-refractivity contribution in [3.8, 4) is 5.69 Å². The Morgan fingerprint density at radius 2 is 1.88 bits per heavy atom. The van der Waals surface area contributed by atoms with Crippen molar-refractivity contribution in [2.45, 2.75) is 66.0 Å². The predicted molar refractivity (Wildman–Crippen MR) is 133 cm³/mol. The lowest BCUT2D eigenvalue weighted by molar-refractivity contribution is 0.0225. The second kappa shape index (κ2) is 9.21. The van der Waals surface area contributed by atoms with Gasteiger partial charge in [0.2, 0.25) is 0 Å². The van der Waals surface area contributed by atoms with Crippen molar-refractivity contribution in [2.24, 2.45) is 0 Å². The number of hydrogen-bond donors (Lipinski definition) is 1. The monoisotopic (exact) mass is 481 g/mol. The van der Waals surface area contributed by atoms with Crippen LogP contribution in [0.5, 0.6) is 0 Å². The number of fused-ring (bicyclic) bond motifs is 1. The lowest BCUT2D eigenvalue weighted by Crippen LogP contribution is -2.39. The second-order valence-electron chi connectivity index (χ2n) is 9.84. The summed E-state index contributed by atoms with van der Waals surface area (Å²) in [6, 6.07) is 8.06. The molecule has 1 aliphatic rings. The molecule has 180 valence electrons. The third-order valence-electron chi connectivity index (χ3n) is 5.48. The van der Waals surface area contributed by atoms with Gasteiger partial charge >= 0.3 is 6.09 Å². The van der Waals surface area contributed by atoms with E-state index in [0.29, 0.717) is 30.2 Å². The molecule has 0 saturated heterocycles. The van der Waals surface area contributed by atoms with Gasteiger partial charge in [-0.15, -0.1) is 0 Å². The van der Waals surface area contributed by atoms with Crippen LogP contribution in [0.4, 0.5) is 9.93 Å². The summed E-state index contributed by atoms with van der Waals surface area (Å²) in [5.74, 6) is -0.145. The van der Waals surface area contributed by atoms with Crippen LogP contribution >= 0.6 is 11.3 Å². The zero-order chi connectivity index (χ0) is 24.6. The quantitative estimate of drug-likeness (QED) is 0.546. The van der Waals surface area contributed by atoms with Gasteiger partial charge in [-0.05, 0) is 45.7 Å². The van der Waals surface area contributed by atoms with Crippen LogP contribution in [0, 0.1) is 6.92 Å². The number of aromatic nitrogens is 3. The number of carbonyl (C=O) groups is 2. The zero-order valence-electron chi connectivity index (χ0n) is 20.5. The van der Waals surface area contributed by atoms with Crippen LogP contribution in [0.25, 0.3) is 5.69 Å². The Kier molecular flexibility index (Phi) is 6.49. The molecule has 0 aliphatic carbocycles. The molecular weight excluding hydrogens is 450 g/mol. The fourth-order valence-corrected chi connectivity index (χ4v) is 4.89. The van der Waals surface area contributed by atoms with Gasteiger partial charge in [0, 0.05) is 17.8 Å². The Labute approximate surface area is 203 Å². The lowest BCUT2D eigenvalue weighted by atomic mass is 10.0. The number of nitrogens with one attached hydrogen (secondary N) is 1. The van der Waals surface area contributed by atoms with E-state index in [1.807, 2.05) is 70.5 Å². The third-order valence-corrected chi connectivity index (χ3v) is 6.48. The number of nitrogens with zero attached hydrogens (tertiary/aromatic N) is 4. The van der Waals surface area contributed by atoms with Gasteiger partial charge < -0.3 is 9.64 Å². The van der Waals surface area contributed by atoms with Crippen LogP contribution in [0.15, 0.2) is 30.5 Å². The molecule has 2 amide bonds. The number of anilines is 1. The number of amides is 2. The van der Waals surface area contributed by atoms with E-state index in [2.05, 4.69) is 15.4 Å². The van der Waals surface area contributed by atoms with E-state index >= 15 is 0 Å². The van der Waals surface area contributed by atoms with Crippen LogP contribution < -0.4 is 5.32 Å². The Morgan fingerprint density at radius 3 is 2.53 bits per heavy atom. The summed E-state index contributed by atoms with van der Waals surface area (Å²) in [7, 11) is 0. The smallest absolute Gasteiger partial charge is 0.410 e. The number of carbonyl (C=O) groups excluding carboxylic acids is 2. The van der Waals surface area contributed by atoms with E-state index < -0.39 is 5.60 Å². The van der Waals surface area contributed by atoms with Crippen molar-refractivity contribution in [2.75, 3.05) is 11.9 Å². The highest BCUT2D eigenvalue weighted by atomic mass is 32.1. The highest BCUT2D eigenvalue weighted by Crippen LogP contribution is 2.30. The number of ether oxygens (including phenoxy) is 1. The van der Waals surface area contributed by atoms with E-state index in [1.54, 1.807) is 11.1 Å². The lowest BCUT2D eigenvalue weighted by Gasteiger charge is -2.29. The van der Waals surface area contributed by atoms with Crippen molar-refractivity contribution in [1.82, 2.24) is 19.7 Å². The summed E-state index contributed by atoms with van der Waals surface area (Å²) in [6.45, 7) is 12.7. The third kappa shape index (κ3) is 5.14. The topological polar surface area (TPSA) is 89.4 Å². The van der Waals surface area contributed by atoms with Crippen LogP contribution in [0.1, 0.15) is 72.7 Å². The summed E-state index contributed by atoms with van der Waals surface area (Å²) in [5.41, 5.74) is 3.83. The molecule has 1 aromatic carbocycles. The highest BCUT2D eigenvalue weighted by Gasteiger charge is 2.29. The SMILES string of the molecule is Cc1ccc(-n2ncc(C(=O)Nc3nc4c(s3)CN(C(=O)OC(C)(C)C)CC4)c2C(C)C)cc1. The molecule has 0 saturated carbocycles. The molecule has 9 heteroatoms. The summed E-state index contributed by atoms with van der Waals surface area (Å²) in [5, 5.41) is 7.98. The molecule has 0 radical (unpaired) electrons. The minimum absolute atomic E-state index is 0.0939. The summed E-state index contributed by atoms with van der Waals surface area (Å²) in [6.07, 6.45) is 1.91. The first-order valence-electron chi connectivity index (χ1n) is 11.4. The first-order chi connectivity index (χ1) is 16.0. The summed E-state index contributed by atoms with van der Waals surface area (Å²) < 4.78 is 7.32. The molecule has 0 bridgehead atoms. The second-order valence-corrected chi connectivity index (χ2v) is 10.9. The van der Waals surface area contributed by atoms with E-state index in [-0.39, 0.29) is 17.9 Å². The number of thiazole rings is 1. The molecule has 2 aromatic heterocycles. The van der Waals surface area contributed by atoms with E-state index in [1.165, 1.54) is 11.3 Å². The number of hydrogen-bond acceptors (Lipinski definition) is 6. The molecule has 3 aromatic rings. The van der Waals surface area contributed by atoms with Crippen molar-refractivity contribution < 1.29 is 14.3 Å². The fraction of sp³-hybridized carbons (Fsp3) is 0.440. The molecular formula is C25H31N5O3S. The number of benzene rings is 1. The van der Waals surface area contributed by atoms with Crippen molar-refractivity contribution in [3.05, 3.63) is 57.9 Å². The van der Waals surface area contributed by atoms with Crippen molar-refractivity contribution >= 4 is 28.5 Å². The number of rotatable bonds is 4. The van der Waals surface area contributed by atoms with Gasteiger partial charge in [0.1, 0.15) is 5.60 Å². The van der Waals surface area contributed by atoms with Gasteiger partial charge in [-0.3, -0.25) is 10.1 Å². The van der Waals surface area contributed by atoms with Gasteiger partial charge in [0.25, 0.3) is 5.91 Å². The van der Waals surface area contributed by atoms with Crippen molar-refractivity contribution in [3.63, 3.8) is 0 Å². The standard InChI is InChI=1S/C25H31N5O3S/c1-15(2)21-18(13-26-30(21)17-9-7-16(3)8-10-17)22(31)28-23-27-19-11-12-29(14-20(19)34-23)24(32)33-25(4,5)6/h7-10,13,15H,11-12,14H2,1-6H3,(H,27,28,31). The Bertz CT molecular complexity index is 1200. The fourth-order valence-electron chi connectivity index (χ4n) is 3.88. The highest BCUT2D eigenvalue weighted by molar-refractivity contribution is 7.15. The Morgan fingerprint density at radius 1 is 1.18 bits per heavy atom. The molecule has 1 N–H and O–H groups in total. The van der Waals surface area contributed by atoms with Gasteiger partial charge in [-0.25, -0.2) is 14.5 Å². The maximum absolute atomic E-state index is 13.2. The Hall–Kier alpha value is -3.20. The molecule has 0 fully saturated rings. The van der Waals surface area contributed by atoms with Crippen LogP contribution in [0.2, 0.25) is 0 Å². The van der Waals surface area contributed by atoms with Gasteiger partial charge in [0.15, 0.2) is 5.13 Å². The molecule has 0 spiro atoms. The van der Waals surface area contributed by atoms with Crippen LogP contribution in [-0.4, -0.2) is 43.8 Å². The average molecular weight is 482 g/mol. The minimum Gasteiger partial charge on any atom is -0.444 e. The van der Waals surface area contributed by atoms with Crippen molar-refractivity contribution in [1.29, 1.82) is 0 Å². The molecule has 1 aliphatic heterocycles. The normalized spacial score (nSPS) is 13.7. The summed E-state index contributed by atoms with van der Waals surface area (Å²) >= 11 is 1.40. The maximum Gasteiger partial charge on any atom is 0.410 e. The summed E-state index contributed by atoms with van der Waals surface area (Å²) in [4.78, 5) is 32.9. The molecule has 8 nitrogen and oxygen atoms in total. The zero-order valence-corrected chi connectivity index (χ0v) is 21.3. The first kappa shape index (κ1) is 23.9. The largest absolute Gasteiger partial charge is 0.444 e. The van der Waals surface area contributed by atoms with Crippen LogP contribution in [-0.2, 0) is 17.7 Å². The van der Waals surface area contributed by atoms with E-state index in [9.17, 15) is 9.59 Å². The van der Waals surface area contributed by atoms with E-state index in [4.69, 9.17) is 4.74 Å². The number of aryl methyl sites for hydroxylation is 1. The first-order valence-corrected chi connectivity index (χ1v) is 12.3. The van der Waals surface area contributed by atoms with E-state index in [0.717, 1.165) is 27.5 Å². The average Bonchev–Trinajstić information content (AvgIpc) is 3.36. The van der Waals surface area contributed by atoms with Gasteiger partial charge in [-0.1, -0.05) is 42.9 Å². The molecule has 3 heterocycles.